The van der Waals surface area contributed by atoms with Gasteiger partial charge in [0.05, 0.1) is 17.0 Å². The van der Waals surface area contributed by atoms with Gasteiger partial charge in [-0.3, -0.25) is 0 Å². The molecule has 0 saturated heterocycles. The number of benzene rings is 3. The van der Waals surface area contributed by atoms with Gasteiger partial charge in [0, 0.05) is 16.3 Å². The summed E-state index contributed by atoms with van der Waals surface area (Å²) >= 11 is 0. The maximum atomic E-state index is 9.41. The molecule has 0 bridgehead atoms. The summed E-state index contributed by atoms with van der Waals surface area (Å²) in [5, 5.41) is 12.8. The SMILES string of the molecule is Cc1cc2c3c(cc(CC(C)C)cc3c1)Oc1cc3cc(CC(C)(C)C#N)ccc3nc1-2. The van der Waals surface area contributed by atoms with Crippen molar-refractivity contribution in [1.29, 1.82) is 5.26 Å². The normalized spacial score (nSPS) is 12.7. The van der Waals surface area contributed by atoms with E-state index in [1.165, 1.54) is 16.5 Å². The van der Waals surface area contributed by atoms with E-state index in [4.69, 9.17) is 9.72 Å². The lowest BCUT2D eigenvalue weighted by atomic mass is 9.87. The highest BCUT2D eigenvalue weighted by atomic mass is 16.5. The van der Waals surface area contributed by atoms with Gasteiger partial charge in [0.15, 0.2) is 5.75 Å². The number of rotatable bonds is 4. The van der Waals surface area contributed by atoms with Gasteiger partial charge in [0.1, 0.15) is 11.4 Å². The average Bonchev–Trinajstić information content (AvgIpc) is 2.71. The lowest BCUT2D eigenvalue weighted by Gasteiger charge is -2.23. The fraction of sp³-hybridized carbons (Fsp3) is 0.310. The molecule has 32 heavy (non-hydrogen) atoms. The fourth-order valence-corrected chi connectivity index (χ4v) is 4.80. The molecule has 3 aromatic carbocycles. The monoisotopic (exact) mass is 420 g/mol. The van der Waals surface area contributed by atoms with Crippen molar-refractivity contribution in [2.45, 2.75) is 47.5 Å². The Balaban J connectivity index is 1.68. The third-order valence-electron chi connectivity index (χ3n) is 6.13. The zero-order valence-corrected chi connectivity index (χ0v) is 19.4. The maximum Gasteiger partial charge on any atom is 0.154 e. The van der Waals surface area contributed by atoms with Crippen molar-refractivity contribution in [1.82, 2.24) is 4.98 Å². The highest BCUT2D eigenvalue weighted by Crippen LogP contribution is 2.47. The van der Waals surface area contributed by atoms with E-state index >= 15 is 0 Å². The molecule has 1 aliphatic heterocycles. The Morgan fingerprint density at radius 1 is 0.969 bits per heavy atom. The number of nitriles is 1. The molecule has 3 nitrogen and oxygen atoms in total. The quantitative estimate of drug-likeness (QED) is 0.298. The first-order valence-corrected chi connectivity index (χ1v) is 11.3. The average molecular weight is 421 g/mol. The van der Waals surface area contributed by atoms with Crippen molar-refractivity contribution in [2.75, 3.05) is 0 Å². The van der Waals surface area contributed by atoms with E-state index in [0.29, 0.717) is 12.3 Å². The summed E-state index contributed by atoms with van der Waals surface area (Å²) in [5.41, 5.74) is 6.26. The van der Waals surface area contributed by atoms with Crippen LogP contribution in [0.15, 0.2) is 48.5 Å². The first-order chi connectivity index (χ1) is 15.2. The molecule has 0 spiro atoms. The summed E-state index contributed by atoms with van der Waals surface area (Å²) in [6.07, 6.45) is 1.73. The van der Waals surface area contributed by atoms with E-state index in [1.54, 1.807) is 0 Å². The maximum absolute atomic E-state index is 9.41. The summed E-state index contributed by atoms with van der Waals surface area (Å²) in [5.74, 6) is 2.31. The third kappa shape index (κ3) is 3.60. The van der Waals surface area contributed by atoms with E-state index in [-0.39, 0.29) is 0 Å². The Hall–Kier alpha value is -3.38. The molecule has 4 aromatic rings. The molecule has 160 valence electrons. The van der Waals surface area contributed by atoms with Crippen LogP contribution in [0.4, 0.5) is 0 Å². The third-order valence-corrected chi connectivity index (χ3v) is 6.13. The number of ether oxygens (including phenoxy) is 1. The van der Waals surface area contributed by atoms with E-state index in [1.807, 2.05) is 13.8 Å². The minimum Gasteiger partial charge on any atom is -0.454 e. The second kappa shape index (κ2) is 7.35. The van der Waals surface area contributed by atoms with Crippen LogP contribution in [-0.4, -0.2) is 4.98 Å². The molecule has 0 saturated carbocycles. The molecule has 3 heteroatoms. The molecular formula is C29H28N2O. The van der Waals surface area contributed by atoms with Gasteiger partial charge in [0.2, 0.25) is 0 Å². The van der Waals surface area contributed by atoms with Gasteiger partial charge in [-0.15, -0.1) is 0 Å². The molecule has 1 aromatic heterocycles. The minimum absolute atomic E-state index is 0.398. The summed E-state index contributed by atoms with van der Waals surface area (Å²) in [4.78, 5) is 5.02. The van der Waals surface area contributed by atoms with Crippen LogP contribution < -0.4 is 4.74 Å². The van der Waals surface area contributed by atoms with Gasteiger partial charge >= 0.3 is 0 Å². The Morgan fingerprint density at radius 2 is 1.75 bits per heavy atom. The Morgan fingerprint density at radius 3 is 2.50 bits per heavy atom. The van der Waals surface area contributed by atoms with E-state index in [2.05, 4.69) is 75.4 Å². The molecule has 0 radical (unpaired) electrons. The van der Waals surface area contributed by atoms with Crippen molar-refractivity contribution >= 4 is 21.7 Å². The van der Waals surface area contributed by atoms with Gasteiger partial charge in [-0.1, -0.05) is 32.0 Å². The molecular weight excluding hydrogens is 392 g/mol. The Labute approximate surface area is 189 Å². The predicted octanol–water partition coefficient (Wildman–Crippen LogP) is 7.76. The smallest absolute Gasteiger partial charge is 0.154 e. The second-order valence-corrected chi connectivity index (χ2v) is 10.2. The lowest BCUT2D eigenvalue weighted by Crippen LogP contribution is -2.11. The molecule has 0 atom stereocenters. The van der Waals surface area contributed by atoms with Gasteiger partial charge in [-0.05, 0) is 91.9 Å². The van der Waals surface area contributed by atoms with Crippen molar-refractivity contribution in [3.63, 3.8) is 0 Å². The van der Waals surface area contributed by atoms with Crippen LogP contribution in [0.25, 0.3) is 32.9 Å². The Bertz CT molecular complexity index is 1420. The van der Waals surface area contributed by atoms with E-state index < -0.39 is 5.41 Å². The van der Waals surface area contributed by atoms with Gasteiger partial charge in [-0.2, -0.15) is 5.26 Å². The van der Waals surface area contributed by atoms with Crippen LogP contribution in [0, 0.1) is 29.6 Å². The molecule has 0 fully saturated rings. The van der Waals surface area contributed by atoms with Crippen LogP contribution in [0.1, 0.15) is 44.4 Å². The van der Waals surface area contributed by atoms with Crippen LogP contribution in [0.5, 0.6) is 11.5 Å². The largest absolute Gasteiger partial charge is 0.454 e. The van der Waals surface area contributed by atoms with Gasteiger partial charge < -0.3 is 4.74 Å². The molecule has 0 aliphatic carbocycles. The highest BCUT2D eigenvalue weighted by molar-refractivity contribution is 6.05. The first-order valence-electron chi connectivity index (χ1n) is 11.3. The van der Waals surface area contributed by atoms with E-state index in [0.717, 1.165) is 51.0 Å². The van der Waals surface area contributed by atoms with E-state index in [9.17, 15) is 5.26 Å². The molecule has 1 aliphatic rings. The number of aryl methyl sites for hydroxylation is 1. The molecule has 2 heterocycles. The van der Waals surface area contributed by atoms with Crippen molar-refractivity contribution < 1.29 is 4.74 Å². The molecule has 5 rings (SSSR count). The number of hydrogen-bond donors (Lipinski definition) is 0. The summed E-state index contributed by atoms with van der Waals surface area (Å²) in [6, 6.07) is 19.7. The van der Waals surface area contributed by atoms with Gasteiger partial charge in [-0.25, -0.2) is 4.98 Å². The summed E-state index contributed by atoms with van der Waals surface area (Å²) < 4.78 is 6.47. The number of aromatic nitrogens is 1. The fourth-order valence-electron chi connectivity index (χ4n) is 4.80. The van der Waals surface area contributed by atoms with Crippen LogP contribution in [0.3, 0.4) is 0 Å². The standard InChI is InChI=1S/C29H28N2O/c1-17(2)8-20-12-22-9-18(3)10-23-27(22)25(13-20)32-26-14-21-11-19(15-29(4,5)16-30)6-7-24(21)31-28(23)26/h6-7,9-14,17H,8,15H2,1-5H3. The number of fused-ring (bicyclic) bond motifs is 3. The topological polar surface area (TPSA) is 45.9 Å². The zero-order valence-electron chi connectivity index (χ0n) is 19.4. The lowest BCUT2D eigenvalue weighted by molar-refractivity contribution is 0.484. The number of nitrogens with zero attached hydrogens (tertiary/aromatic N) is 2. The van der Waals surface area contributed by atoms with Crippen molar-refractivity contribution in [2.24, 2.45) is 11.3 Å². The first kappa shape index (κ1) is 20.5. The second-order valence-electron chi connectivity index (χ2n) is 10.2. The van der Waals surface area contributed by atoms with Crippen LogP contribution in [-0.2, 0) is 12.8 Å². The molecule has 0 N–H and O–H groups in total. The summed E-state index contributed by atoms with van der Waals surface area (Å²) in [7, 11) is 0. The zero-order chi connectivity index (χ0) is 22.6. The Kier molecular flexibility index (Phi) is 4.71. The molecule has 0 amide bonds. The van der Waals surface area contributed by atoms with Crippen molar-refractivity contribution in [3.8, 4) is 28.8 Å². The summed E-state index contributed by atoms with van der Waals surface area (Å²) in [6.45, 7) is 10.6. The number of pyridine rings is 1. The van der Waals surface area contributed by atoms with Crippen molar-refractivity contribution in [3.05, 3.63) is 65.2 Å². The van der Waals surface area contributed by atoms with Crippen LogP contribution in [0.2, 0.25) is 0 Å². The van der Waals surface area contributed by atoms with Gasteiger partial charge in [0.25, 0.3) is 0 Å². The highest BCUT2D eigenvalue weighted by Gasteiger charge is 2.24. The minimum atomic E-state index is -0.398. The predicted molar refractivity (Wildman–Crippen MR) is 131 cm³/mol. The van der Waals surface area contributed by atoms with Crippen LogP contribution >= 0.6 is 0 Å². The number of hydrogen-bond acceptors (Lipinski definition) is 3. The molecule has 0 unspecified atom stereocenters.